The van der Waals surface area contributed by atoms with Gasteiger partial charge in [0.25, 0.3) is 0 Å². The van der Waals surface area contributed by atoms with Crippen molar-refractivity contribution in [2.45, 2.75) is 43.7 Å². The molecule has 1 fully saturated rings. The predicted octanol–water partition coefficient (Wildman–Crippen LogP) is 2.77. The van der Waals surface area contributed by atoms with E-state index in [0.29, 0.717) is 18.7 Å². The van der Waals surface area contributed by atoms with Gasteiger partial charge in [-0.3, -0.25) is 4.52 Å². The number of hydrogen-bond acceptors (Lipinski definition) is 8. The molecule has 40 heavy (non-hydrogen) atoms. The average Bonchev–Trinajstić information content (AvgIpc) is 3.38. The minimum absolute atomic E-state index is 0.0187. The Labute approximate surface area is 235 Å². The van der Waals surface area contributed by atoms with Crippen molar-refractivity contribution in [3.8, 4) is 0 Å². The SMILES string of the molecule is CC(C)CN(C[C@@H](COP(=O)(O)O)[C@H](Cc1ccccc1)NC(=O)OC1CCOC1)S(=O)(=O)c1ccc(N)cc1. The number of carbonyl (C=O) groups is 1. The number of nitrogen functional groups attached to an aromatic ring is 1. The van der Waals surface area contributed by atoms with Crippen molar-refractivity contribution in [3.63, 3.8) is 0 Å². The average molecular weight is 600 g/mol. The minimum atomic E-state index is -4.92. The number of carbonyl (C=O) groups excluding carboxylic acids is 1. The number of alkyl carbamates (subject to hydrolysis) is 1. The third-order valence-corrected chi connectivity index (χ3v) is 8.65. The van der Waals surface area contributed by atoms with E-state index in [4.69, 9.17) is 19.7 Å². The van der Waals surface area contributed by atoms with E-state index in [1.165, 1.54) is 28.6 Å². The lowest BCUT2D eigenvalue weighted by atomic mass is 9.93. The van der Waals surface area contributed by atoms with Gasteiger partial charge in [0.1, 0.15) is 6.10 Å². The van der Waals surface area contributed by atoms with E-state index in [-0.39, 0.29) is 36.9 Å². The number of nitrogens with zero attached hydrogens (tertiary/aromatic N) is 1. The number of amides is 1. The Morgan fingerprint density at radius 3 is 2.40 bits per heavy atom. The molecule has 1 saturated heterocycles. The highest BCUT2D eigenvalue weighted by Crippen LogP contribution is 2.37. The van der Waals surface area contributed by atoms with Gasteiger partial charge < -0.3 is 30.3 Å². The maximum atomic E-state index is 13.7. The van der Waals surface area contributed by atoms with Crippen LogP contribution in [0.25, 0.3) is 0 Å². The quantitative estimate of drug-likeness (QED) is 0.186. The monoisotopic (exact) mass is 599 g/mol. The highest BCUT2D eigenvalue weighted by atomic mass is 32.2. The van der Waals surface area contributed by atoms with Crippen LogP contribution in [0.4, 0.5) is 10.5 Å². The topological polar surface area (TPSA) is 178 Å². The van der Waals surface area contributed by atoms with E-state index >= 15 is 0 Å². The Kier molecular flexibility index (Phi) is 11.5. The molecule has 0 bridgehead atoms. The number of sulfonamides is 1. The van der Waals surface area contributed by atoms with Crippen LogP contribution < -0.4 is 11.1 Å². The summed E-state index contributed by atoms with van der Waals surface area (Å²) in [6.07, 6.45) is -0.396. The van der Waals surface area contributed by atoms with Crippen LogP contribution in [-0.2, 0) is 35.0 Å². The Balaban J connectivity index is 1.96. The van der Waals surface area contributed by atoms with Gasteiger partial charge in [0.05, 0.1) is 24.7 Å². The van der Waals surface area contributed by atoms with Gasteiger partial charge in [-0.2, -0.15) is 4.31 Å². The third kappa shape index (κ3) is 10.2. The molecule has 5 N–H and O–H groups in total. The summed E-state index contributed by atoms with van der Waals surface area (Å²) in [6.45, 7) is 3.83. The van der Waals surface area contributed by atoms with Crippen LogP contribution in [0, 0.1) is 11.8 Å². The van der Waals surface area contributed by atoms with Crippen molar-refractivity contribution in [1.82, 2.24) is 9.62 Å². The summed E-state index contributed by atoms with van der Waals surface area (Å²) in [6, 6.07) is 14.1. The van der Waals surface area contributed by atoms with Crippen LogP contribution in [0.15, 0.2) is 59.5 Å². The molecule has 0 saturated carbocycles. The van der Waals surface area contributed by atoms with Crippen molar-refractivity contribution < 1.29 is 41.6 Å². The summed E-state index contributed by atoms with van der Waals surface area (Å²) in [5.74, 6) is -0.956. The van der Waals surface area contributed by atoms with E-state index in [9.17, 15) is 27.6 Å². The smallest absolute Gasteiger partial charge is 0.444 e. The fraction of sp³-hybridized carbons (Fsp3) is 0.500. The lowest BCUT2D eigenvalue weighted by molar-refractivity contribution is 0.0747. The molecule has 2 aromatic carbocycles. The molecule has 1 aliphatic heterocycles. The Bertz CT molecular complexity index is 1230. The molecule has 14 heteroatoms. The number of anilines is 1. The molecule has 3 rings (SSSR count). The first-order chi connectivity index (χ1) is 18.8. The fourth-order valence-electron chi connectivity index (χ4n) is 4.36. The number of nitrogens with one attached hydrogen (secondary N) is 1. The largest absolute Gasteiger partial charge is 0.469 e. The number of phosphoric ester groups is 1. The zero-order valence-electron chi connectivity index (χ0n) is 22.6. The van der Waals surface area contributed by atoms with E-state index in [0.717, 1.165) is 5.56 Å². The van der Waals surface area contributed by atoms with Gasteiger partial charge in [0.2, 0.25) is 10.0 Å². The zero-order chi connectivity index (χ0) is 29.3. The van der Waals surface area contributed by atoms with Gasteiger partial charge in [-0.25, -0.2) is 17.8 Å². The Hall–Kier alpha value is -2.51. The van der Waals surface area contributed by atoms with Gasteiger partial charge in [-0.15, -0.1) is 0 Å². The van der Waals surface area contributed by atoms with Crippen LogP contribution in [-0.4, -0.2) is 73.7 Å². The number of phosphoric acid groups is 1. The van der Waals surface area contributed by atoms with Crippen LogP contribution in [0.1, 0.15) is 25.8 Å². The zero-order valence-corrected chi connectivity index (χ0v) is 24.3. The first kappa shape index (κ1) is 32.0. The molecule has 0 radical (unpaired) electrons. The molecule has 1 unspecified atom stereocenters. The Morgan fingerprint density at radius 2 is 1.82 bits per heavy atom. The second-order valence-electron chi connectivity index (χ2n) is 10.2. The molecule has 2 aromatic rings. The molecule has 0 aliphatic carbocycles. The Morgan fingerprint density at radius 1 is 1.15 bits per heavy atom. The second-order valence-corrected chi connectivity index (χ2v) is 13.3. The predicted molar refractivity (Wildman–Crippen MR) is 149 cm³/mol. The molecular weight excluding hydrogens is 561 g/mol. The molecule has 0 spiro atoms. The van der Waals surface area contributed by atoms with Crippen LogP contribution in [0.3, 0.4) is 0 Å². The number of benzene rings is 2. The van der Waals surface area contributed by atoms with Gasteiger partial charge in [0.15, 0.2) is 0 Å². The maximum Gasteiger partial charge on any atom is 0.469 e. The molecule has 1 amide bonds. The number of rotatable bonds is 14. The summed E-state index contributed by atoms with van der Waals surface area (Å²) < 4.78 is 56.0. The second kappa shape index (κ2) is 14.4. The van der Waals surface area contributed by atoms with Crippen molar-refractivity contribution in [1.29, 1.82) is 0 Å². The summed E-state index contributed by atoms with van der Waals surface area (Å²) in [5, 5.41) is 2.80. The number of nitrogens with two attached hydrogens (primary N) is 1. The van der Waals surface area contributed by atoms with E-state index < -0.39 is 48.6 Å². The molecule has 222 valence electrons. The van der Waals surface area contributed by atoms with E-state index in [2.05, 4.69) is 5.32 Å². The normalized spacial score (nSPS) is 17.6. The lowest BCUT2D eigenvalue weighted by Gasteiger charge is -2.33. The molecule has 3 atom stereocenters. The molecular formula is C26H38N3O9PS. The van der Waals surface area contributed by atoms with Gasteiger partial charge >= 0.3 is 13.9 Å². The highest BCUT2D eigenvalue weighted by molar-refractivity contribution is 7.89. The van der Waals surface area contributed by atoms with Gasteiger partial charge in [0, 0.05) is 37.2 Å². The van der Waals surface area contributed by atoms with Crippen LogP contribution in [0.5, 0.6) is 0 Å². The van der Waals surface area contributed by atoms with Crippen molar-refractivity contribution in [3.05, 3.63) is 60.2 Å². The van der Waals surface area contributed by atoms with E-state index in [1.807, 2.05) is 44.2 Å². The fourth-order valence-corrected chi connectivity index (χ4v) is 6.41. The minimum Gasteiger partial charge on any atom is -0.444 e. The number of ether oxygens (including phenoxy) is 2. The lowest BCUT2D eigenvalue weighted by Crippen LogP contribution is -2.50. The first-order valence-electron chi connectivity index (χ1n) is 13.0. The van der Waals surface area contributed by atoms with E-state index in [1.54, 1.807) is 0 Å². The molecule has 1 heterocycles. The highest BCUT2D eigenvalue weighted by Gasteiger charge is 2.34. The molecule has 12 nitrogen and oxygen atoms in total. The van der Waals surface area contributed by atoms with Crippen molar-refractivity contribution >= 4 is 29.6 Å². The number of hydrogen-bond donors (Lipinski definition) is 4. The molecule has 0 aromatic heterocycles. The van der Waals surface area contributed by atoms with Gasteiger partial charge in [-0.1, -0.05) is 44.2 Å². The first-order valence-corrected chi connectivity index (χ1v) is 15.9. The molecule has 1 aliphatic rings. The van der Waals surface area contributed by atoms with Gasteiger partial charge in [-0.05, 0) is 42.2 Å². The summed E-state index contributed by atoms with van der Waals surface area (Å²) in [7, 11) is -8.97. The van der Waals surface area contributed by atoms with Crippen LogP contribution in [0.2, 0.25) is 0 Å². The third-order valence-electron chi connectivity index (χ3n) is 6.31. The summed E-state index contributed by atoms with van der Waals surface area (Å²) >= 11 is 0. The maximum absolute atomic E-state index is 13.7. The summed E-state index contributed by atoms with van der Waals surface area (Å²) in [5.41, 5.74) is 6.96. The summed E-state index contributed by atoms with van der Waals surface area (Å²) in [4.78, 5) is 31.9. The van der Waals surface area contributed by atoms with Crippen LogP contribution >= 0.6 is 7.82 Å². The van der Waals surface area contributed by atoms with Crippen molar-refractivity contribution in [2.75, 3.05) is 38.6 Å². The standard InChI is InChI=1S/C26H38N3O9PS/c1-19(2)15-29(40(34,35)24-10-8-22(27)9-11-24)16-21(17-37-39(31,32)33)25(14-20-6-4-3-5-7-20)28-26(30)38-23-12-13-36-18-23/h3-11,19,21,23,25H,12-18,27H2,1-2H3,(H,28,30)(H2,31,32,33)/t21-,23?,25-/m0/s1. The van der Waals surface area contributed by atoms with Crippen molar-refractivity contribution in [2.24, 2.45) is 11.8 Å².